The zero-order valence-electron chi connectivity index (χ0n) is 19.9. The van der Waals surface area contributed by atoms with E-state index in [1.54, 1.807) is 35.7 Å². The van der Waals surface area contributed by atoms with Crippen molar-refractivity contribution >= 4 is 21.8 Å². The molecule has 2 atom stereocenters. The average Bonchev–Trinajstić information content (AvgIpc) is 3.45. The summed E-state index contributed by atoms with van der Waals surface area (Å²) in [6.07, 6.45) is 1.35. The lowest BCUT2D eigenvalue weighted by molar-refractivity contribution is -0.130. The number of carbonyl (C=O) groups is 1. The highest BCUT2D eigenvalue weighted by molar-refractivity contribution is 9.10. The second-order valence-electron chi connectivity index (χ2n) is 8.62. The molecule has 1 fully saturated rings. The van der Waals surface area contributed by atoms with Crippen LogP contribution in [0.15, 0.2) is 83.5 Å². The Morgan fingerprint density at radius 3 is 2.39 bits per heavy atom. The summed E-state index contributed by atoms with van der Waals surface area (Å²) in [6, 6.07) is 21.8. The molecule has 3 aromatic carbocycles. The van der Waals surface area contributed by atoms with Gasteiger partial charge >= 0.3 is 0 Å². The standard InChI is InChI=1S/C28H25BrFN3O3/c1-18-27(34)32(16-15-19-3-13-24(35-2)14-4-19)28(36-18)25-17-33(23-11-7-21(29)8-12-23)31-26(25)20-5-9-22(30)10-6-20/h3-14,17-18,28H,15-16H2,1-2H3/t18-,28+/m0/s1. The van der Waals surface area contributed by atoms with Crippen molar-refractivity contribution in [1.82, 2.24) is 14.7 Å². The molecule has 1 amide bonds. The number of amides is 1. The SMILES string of the molecule is COc1ccc(CCN2C(=O)[C@H](C)O[C@@H]2c2cn(-c3ccc(Br)cc3)nc2-c2ccc(F)cc2)cc1. The first-order valence-corrected chi connectivity index (χ1v) is 12.4. The number of hydrogen-bond acceptors (Lipinski definition) is 4. The Hall–Kier alpha value is -3.49. The Kier molecular flexibility index (Phi) is 6.89. The van der Waals surface area contributed by atoms with Gasteiger partial charge in [-0.05, 0) is 79.6 Å². The van der Waals surface area contributed by atoms with E-state index in [0.29, 0.717) is 18.7 Å². The van der Waals surface area contributed by atoms with E-state index in [9.17, 15) is 9.18 Å². The van der Waals surface area contributed by atoms with Gasteiger partial charge in [0.15, 0.2) is 6.23 Å². The molecule has 0 saturated carbocycles. The second kappa shape index (κ2) is 10.2. The van der Waals surface area contributed by atoms with Crippen LogP contribution in [0.1, 0.15) is 24.3 Å². The van der Waals surface area contributed by atoms with Crippen LogP contribution < -0.4 is 4.74 Å². The Balaban J connectivity index is 1.51. The predicted molar refractivity (Wildman–Crippen MR) is 138 cm³/mol. The third-order valence-electron chi connectivity index (χ3n) is 6.26. The van der Waals surface area contributed by atoms with Crippen LogP contribution in [0.3, 0.4) is 0 Å². The highest BCUT2D eigenvalue weighted by Gasteiger charge is 2.40. The summed E-state index contributed by atoms with van der Waals surface area (Å²) in [4.78, 5) is 14.9. The molecule has 0 spiro atoms. The van der Waals surface area contributed by atoms with Gasteiger partial charge in [0.1, 0.15) is 23.4 Å². The molecule has 4 aromatic rings. The molecule has 1 aliphatic rings. The van der Waals surface area contributed by atoms with Crippen molar-refractivity contribution in [1.29, 1.82) is 0 Å². The summed E-state index contributed by atoms with van der Waals surface area (Å²) in [5.41, 5.74) is 4.07. The van der Waals surface area contributed by atoms with Gasteiger partial charge in [0.05, 0.1) is 12.8 Å². The molecule has 6 nitrogen and oxygen atoms in total. The van der Waals surface area contributed by atoms with Gasteiger partial charge < -0.3 is 14.4 Å². The van der Waals surface area contributed by atoms with Crippen LogP contribution in [0, 0.1) is 5.82 Å². The molecule has 36 heavy (non-hydrogen) atoms. The van der Waals surface area contributed by atoms with Gasteiger partial charge in [0, 0.05) is 28.3 Å². The lowest BCUT2D eigenvalue weighted by Gasteiger charge is -2.23. The number of benzene rings is 3. The molecule has 5 rings (SSSR count). The van der Waals surface area contributed by atoms with Crippen molar-refractivity contribution in [3.05, 3.63) is 100 Å². The molecule has 0 N–H and O–H groups in total. The van der Waals surface area contributed by atoms with Crippen LogP contribution in [-0.4, -0.2) is 40.3 Å². The summed E-state index contributed by atoms with van der Waals surface area (Å²) < 4.78 is 27.8. The van der Waals surface area contributed by atoms with Crippen LogP contribution >= 0.6 is 15.9 Å². The van der Waals surface area contributed by atoms with E-state index < -0.39 is 12.3 Å². The normalized spacial score (nSPS) is 17.6. The summed E-state index contributed by atoms with van der Waals surface area (Å²) in [7, 11) is 1.63. The molecule has 1 aliphatic heterocycles. The quantitative estimate of drug-likeness (QED) is 0.286. The predicted octanol–water partition coefficient (Wildman–Crippen LogP) is 5.94. The van der Waals surface area contributed by atoms with E-state index in [1.165, 1.54) is 12.1 Å². The van der Waals surface area contributed by atoms with Crippen LogP contribution in [0.4, 0.5) is 4.39 Å². The van der Waals surface area contributed by atoms with Crippen LogP contribution in [0.25, 0.3) is 16.9 Å². The lowest BCUT2D eigenvalue weighted by Crippen LogP contribution is -2.32. The molecule has 1 saturated heterocycles. The number of ether oxygens (including phenoxy) is 2. The van der Waals surface area contributed by atoms with Gasteiger partial charge in [-0.2, -0.15) is 5.10 Å². The Bertz CT molecular complexity index is 1350. The van der Waals surface area contributed by atoms with E-state index >= 15 is 0 Å². The molecular weight excluding hydrogens is 525 g/mol. The van der Waals surface area contributed by atoms with Gasteiger partial charge in [-0.25, -0.2) is 9.07 Å². The van der Waals surface area contributed by atoms with E-state index in [1.807, 2.05) is 54.7 Å². The minimum Gasteiger partial charge on any atom is -0.497 e. The first-order chi connectivity index (χ1) is 17.4. The van der Waals surface area contributed by atoms with Gasteiger partial charge in [-0.1, -0.05) is 28.1 Å². The zero-order valence-corrected chi connectivity index (χ0v) is 21.5. The van der Waals surface area contributed by atoms with E-state index in [2.05, 4.69) is 15.9 Å². The summed E-state index contributed by atoms with van der Waals surface area (Å²) in [5, 5.41) is 4.82. The van der Waals surface area contributed by atoms with E-state index in [0.717, 1.165) is 32.6 Å². The van der Waals surface area contributed by atoms with Gasteiger partial charge in [-0.3, -0.25) is 4.79 Å². The van der Waals surface area contributed by atoms with Crippen molar-refractivity contribution in [3.8, 4) is 22.7 Å². The summed E-state index contributed by atoms with van der Waals surface area (Å²) in [5.74, 6) is 0.389. The number of rotatable bonds is 7. The maximum absolute atomic E-state index is 13.7. The topological polar surface area (TPSA) is 56.6 Å². The molecule has 0 radical (unpaired) electrons. The molecule has 2 heterocycles. The second-order valence-corrected chi connectivity index (χ2v) is 9.54. The maximum atomic E-state index is 13.7. The van der Waals surface area contributed by atoms with Gasteiger partial charge in [0.25, 0.3) is 5.91 Å². The number of carbonyl (C=O) groups excluding carboxylic acids is 1. The van der Waals surface area contributed by atoms with E-state index in [4.69, 9.17) is 14.6 Å². The Labute approximate surface area is 217 Å². The highest BCUT2D eigenvalue weighted by atomic mass is 79.9. The smallest absolute Gasteiger partial charge is 0.253 e. The molecule has 0 unspecified atom stereocenters. The average molecular weight is 550 g/mol. The van der Waals surface area contributed by atoms with Crippen molar-refractivity contribution in [2.75, 3.05) is 13.7 Å². The Morgan fingerprint density at radius 2 is 1.72 bits per heavy atom. The molecular formula is C28H25BrFN3O3. The third-order valence-corrected chi connectivity index (χ3v) is 6.79. The van der Waals surface area contributed by atoms with Crippen LogP contribution in [0.5, 0.6) is 5.75 Å². The number of nitrogens with zero attached hydrogens (tertiary/aromatic N) is 3. The van der Waals surface area contributed by atoms with Crippen molar-refractivity contribution in [2.45, 2.75) is 25.7 Å². The fourth-order valence-electron chi connectivity index (χ4n) is 4.31. The molecule has 1 aromatic heterocycles. The first kappa shape index (κ1) is 24.2. The number of halogens is 2. The van der Waals surface area contributed by atoms with Gasteiger partial charge in [-0.15, -0.1) is 0 Å². The zero-order chi connectivity index (χ0) is 25.2. The largest absolute Gasteiger partial charge is 0.497 e. The lowest BCUT2D eigenvalue weighted by atomic mass is 10.1. The maximum Gasteiger partial charge on any atom is 0.253 e. The first-order valence-electron chi connectivity index (χ1n) is 11.6. The molecule has 0 aliphatic carbocycles. The van der Waals surface area contributed by atoms with Crippen molar-refractivity contribution < 1.29 is 18.7 Å². The molecule has 8 heteroatoms. The minimum atomic E-state index is -0.616. The van der Waals surface area contributed by atoms with Crippen LogP contribution in [0.2, 0.25) is 0 Å². The third kappa shape index (κ3) is 4.92. The van der Waals surface area contributed by atoms with Gasteiger partial charge in [0.2, 0.25) is 0 Å². The van der Waals surface area contributed by atoms with E-state index in [-0.39, 0.29) is 11.7 Å². The monoisotopic (exact) mass is 549 g/mol. The van der Waals surface area contributed by atoms with Crippen LogP contribution in [-0.2, 0) is 16.0 Å². The van der Waals surface area contributed by atoms with Crippen molar-refractivity contribution in [3.63, 3.8) is 0 Å². The fourth-order valence-corrected chi connectivity index (χ4v) is 4.58. The number of methoxy groups -OCH3 is 1. The highest BCUT2D eigenvalue weighted by Crippen LogP contribution is 2.37. The Morgan fingerprint density at radius 1 is 1.03 bits per heavy atom. The number of hydrogen-bond donors (Lipinski definition) is 0. The minimum absolute atomic E-state index is 0.0741. The summed E-state index contributed by atoms with van der Waals surface area (Å²) >= 11 is 3.46. The summed E-state index contributed by atoms with van der Waals surface area (Å²) in [6.45, 7) is 2.24. The fraction of sp³-hybridized carbons (Fsp3) is 0.214. The molecule has 184 valence electrons. The molecule has 0 bridgehead atoms. The van der Waals surface area contributed by atoms with Crippen molar-refractivity contribution in [2.24, 2.45) is 0 Å². The number of aromatic nitrogens is 2.